The SMILES string of the molecule is COc1ccc(N2C(=O)CC(NNC(=O)CSc3ccc(C)cc3)C2=O)cc1Cl. The average molecular weight is 434 g/mol. The lowest BCUT2D eigenvalue weighted by atomic mass is 10.2. The second-order valence-electron chi connectivity index (χ2n) is 6.44. The van der Waals surface area contributed by atoms with Crippen molar-refractivity contribution in [1.29, 1.82) is 0 Å². The number of aryl methyl sites for hydroxylation is 1. The first-order valence-corrected chi connectivity index (χ1v) is 10.2. The Morgan fingerprint density at radius 1 is 1.24 bits per heavy atom. The van der Waals surface area contributed by atoms with Gasteiger partial charge in [-0.1, -0.05) is 29.3 Å². The van der Waals surface area contributed by atoms with Crippen LogP contribution < -0.4 is 20.5 Å². The molecule has 0 aromatic heterocycles. The van der Waals surface area contributed by atoms with Crippen LogP contribution in [0.3, 0.4) is 0 Å². The number of hydrogen-bond donors (Lipinski definition) is 2. The molecule has 0 spiro atoms. The summed E-state index contributed by atoms with van der Waals surface area (Å²) in [6.45, 7) is 1.99. The zero-order valence-corrected chi connectivity index (χ0v) is 17.5. The molecule has 1 fully saturated rings. The normalized spacial score (nSPS) is 16.2. The summed E-state index contributed by atoms with van der Waals surface area (Å²) in [5.74, 6) is -0.494. The summed E-state index contributed by atoms with van der Waals surface area (Å²) in [5, 5.41) is 0.295. The van der Waals surface area contributed by atoms with Crippen molar-refractivity contribution in [3.8, 4) is 5.75 Å². The quantitative estimate of drug-likeness (QED) is 0.396. The molecule has 0 aliphatic carbocycles. The summed E-state index contributed by atoms with van der Waals surface area (Å²) in [5.41, 5.74) is 6.67. The van der Waals surface area contributed by atoms with E-state index in [-0.39, 0.29) is 24.0 Å². The van der Waals surface area contributed by atoms with Crippen LogP contribution in [0.5, 0.6) is 5.75 Å². The Morgan fingerprint density at radius 2 is 1.97 bits per heavy atom. The number of carbonyl (C=O) groups is 3. The summed E-state index contributed by atoms with van der Waals surface area (Å²) in [6.07, 6.45) is -0.0616. The van der Waals surface area contributed by atoms with E-state index in [0.717, 1.165) is 15.4 Å². The number of halogens is 1. The molecule has 2 aromatic rings. The smallest absolute Gasteiger partial charge is 0.253 e. The molecule has 2 N–H and O–H groups in total. The number of hydrogen-bond acceptors (Lipinski definition) is 6. The second-order valence-corrected chi connectivity index (χ2v) is 7.89. The molecule has 1 aliphatic rings. The van der Waals surface area contributed by atoms with E-state index in [1.807, 2.05) is 31.2 Å². The Morgan fingerprint density at radius 3 is 2.62 bits per heavy atom. The molecule has 1 saturated heterocycles. The highest BCUT2D eigenvalue weighted by Gasteiger charge is 2.39. The lowest BCUT2D eigenvalue weighted by molar-refractivity contribution is -0.122. The van der Waals surface area contributed by atoms with Crippen molar-refractivity contribution in [2.45, 2.75) is 24.3 Å². The van der Waals surface area contributed by atoms with E-state index in [1.54, 1.807) is 12.1 Å². The first-order chi connectivity index (χ1) is 13.9. The minimum absolute atomic E-state index is 0.0616. The molecule has 152 valence electrons. The Bertz CT molecular complexity index is 936. The van der Waals surface area contributed by atoms with Crippen LogP contribution in [-0.4, -0.2) is 36.6 Å². The van der Waals surface area contributed by atoms with Crippen LogP contribution in [0.2, 0.25) is 5.02 Å². The molecule has 1 unspecified atom stereocenters. The van der Waals surface area contributed by atoms with Gasteiger partial charge in [-0.2, -0.15) is 0 Å². The van der Waals surface area contributed by atoms with Crippen LogP contribution in [0, 0.1) is 6.92 Å². The predicted octanol–water partition coefficient (Wildman–Crippen LogP) is 2.70. The van der Waals surface area contributed by atoms with Crippen LogP contribution in [0.25, 0.3) is 0 Å². The summed E-state index contributed by atoms with van der Waals surface area (Å²) >= 11 is 7.47. The van der Waals surface area contributed by atoms with Gasteiger partial charge in [0.25, 0.3) is 5.91 Å². The third kappa shape index (κ3) is 5.09. The van der Waals surface area contributed by atoms with E-state index < -0.39 is 11.9 Å². The fraction of sp³-hybridized carbons (Fsp3) is 0.250. The number of ether oxygens (including phenoxy) is 1. The number of methoxy groups -OCH3 is 1. The van der Waals surface area contributed by atoms with Gasteiger partial charge in [0.15, 0.2) is 0 Å². The van der Waals surface area contributed by atoms with Crippen molar-refractivity contribution in [3.63, 3.8) is 0 Å². The zero-order chi connectivity index (χ0) is 21.0. The molecule has 9 heteroatoms. The summed E-state index contributed by atoms with van der Waals surface area (Å²) in [7, 11) is 1.48. The van der Waals surface area contributed by atoms with Crippen LogP contribution in [0.1, 0.15) is 12.0 Å². The highest BCUT2D eigenvalue weighted by Crippen LogP contribution is 2.31. The average Bonchev–Trinajstić information content (AvgIpc) is 2.99. The van der Waals surface area contributed by atoms with E-state index in [9.17, 15) is 14.4 Å². The van der Waals surface area contributed by atoms with Gasteiger partial charge in [-0.05, 0) is 37.3 Å². The molecule has 1 aliphatic heterocycles. The number of nitrogens with zero attached hydrogens (tertiary/aromatic N) is 1. The maximum absolute atomic E-state index is 12.6. The topological polar surface area (TPSA) is 87.7 Å². The van der Waals surface area contributed by atoms with E-state index in [0.29, 0.717) is 16.5 Å². The van der Waals surface area contributed by atoms with Gasteiger partial charge in [-0.25, -0.2) is 10.3 Å². The van der Waals surface area contributed by atoms with Crippen LogP contribution in [0.4, 0.5) is 5.69 Å². The number of anilines is 1. The van der Waals surface area contributed by atoms with Crippen LogP contribution in [0.15, 0.2) is 47.4 Å². The highest BCUT2D eigenvalue weighted by molar-refractivity contribution is 8.00. The van der Waals surface area contributed by atoms with Gasteiger partial charge in [0.2, 0.25) is 11.8 Å². The molecule has 3 amide bonds. The van der Waals surface area contributed by atoms with Gasteiger partial charge in [0, 0.05) is 4.90 Å². The predicted molar refractivity (Wildman–Crippen MR) is 112 cm³/mol. The number of carbonyl (C=O) groups excluding carboxylic acids is 3. The Hall–Kier alpha value is -2.55. The molecule has 1 atom stereocenters. The lowest BCUT2D eigenvalue weighted by Gasteiger charge is -2.17. The fourth-order valence-electron chi connectivity index (χ4n) is 2.80. The highest BCUT2D eigenvalue weighted by atomic mass is 35.5. The number of amides is 3. The summed E-state index contributed by atoms with van der Waals surface area (Å²) in [4.78, 5) is 39.0. The van der Waals surface area contributed by atoms with Gasteiger partial charge >= 0.3 is 0 Å². The van der Waals surface area contributed by atoms with Gasteiger partial charge in [-0.15, -0.1) is 11.8 Å². The molecule has 2 aromatic carbocycles. The maximum Gasteiger partial charge on any atom is 0.253 e. The minimum atomic E-state index is -0.836. The van der Waals surface area contributed by atoms with Crippen molar-refractivity contribution >= 4 is 46.8 Å². The first-order valence-electron chi connectivity index (χ1n) is 8.83. The number of thioether (sulfide) groups is 1. The lowest BCUT2D eigenvalue weighted by Crippen LogP contribution is -2.48. The Labute approximate surface area is 177 Å². The Kier molecular flexibility index (Phi) is 6.79. The standard InChI is InChI=1S/C20H20ClN3O4S/c1-12-3-6-14(7-4-12)29-11-18(25)23-22-16-10-19(26)24(20(16)27)13-5-8-17(28-2)15(21)9-13/h3-9,16,22H,10-11H2,1-2H3,(H,23,25). The van der Waals surface area contributed by atoms with E-state index in [2.05, 4.69) is 10.9 Å². The molecule has 0 radical (unpaired) electrons. The summed E-state index contributed by atoms with van der Waals surface area (Å²) in [6, 6.07) is 11.7. The van der Waals surface area contributed by atoms with Crippen molar-refractivity contribution in [3.05, 3.63) is 53.1 Å². The van der Waals surface area contributed by atoms with E-state index >= 15 is 0 Å². The number of imide groups is 1. The molecular formula is C20H20ClN3O4S. The second kappa shape index (κ2) is 9.30. The van der Waals surface area contributed by atoms with Gasteiger partial charge in [0.1, 0.15) is 11.8 Å². The van der Waals surface area contributed by atoms with Crippen molar-refractivity contribution in [2.24, 2.45) is 0 Å². The fourth-order valence-corrected chi connectivity index (χ4v) is 3.75. The van der Waals surface area contributed by atoms with Crippen molar-refractivity contribution in [1.82, 2.24) is 10.9 Å². The number of nitrogens with one attached hydrogen (secondary N) is 2. The monoisotopic (exact) mass is 433 g/mol. The van der Waals surface area contributed by atoms with Crippen LogP contribution >= 0.6 is 23.4 Å². The van der Waals surface area contributed by atoms with Crippen molar-refractivity contribution < 1.29 is 19.1 Å². The molecule has 0 bridgehead atoms. The molecular weight excluding hydrogens is 414 g/mol. The third-order valence-corrected chi connectivity index (χ3v) is 5.62. The van der Waals surface area contributed by atoms with Crippen LogP contribution in [-0.2, 0) is 14.4 Å². The van der Waals surface area contributed by atoms with Gasteiger partial charge in [-0.3, -0.25) is 19.8 Å². The van der Waals surface area contributed by atoms with Gasteiger partial charge in [0.05, 0.1) is 30.0 Å². The van der Waals surface area contributed by atoms with Gasteiger partial charge < -0.3 is 4.74 Å². The molecule has 1 heterocycles. The largest absolute Gasteiger partial charge is 0.495 e. The van der Waals surface area contributed by atoms with E-state index in [4.69, 9.17) is 16.3 Å². The molecule has 7 nitrogen and oxygen atoms in total. The number of hydrazine groups is 1. The molecule has 3 rings (SSSR count). The van der Waals surface area contributed by atoms with E-state index in [1.165, 1.54) is 24.9 Å². The third-order valence-electron chi connectivity index (χ3n) is 4.32. The number of rotatable bonds is 7. The van der Waals surface area contributed by atoms with Crippen molar-refractivity contribution in [2.75, 3.05) is 17.8 Å². The molecule has 0 saturated carbocycles. The minimum Gasteiger partial charge on any atom is -0.495 e. The zero-order valence-electron chi connectivity index (χ0n) is 15.9. The summed E-state index contributed by atoms with van der Waals surface area (Å²) < 4.78 is 5.08. The first kappa shape index (κ1) is 21.2. The molecule has 29 heavy (non-hydrogen) atoms. The Balaban J connectivity index is 1.55. The maximum atomic E-state index is 12.6. The number of benzene rings is 2.